The Balaban J connectivity index is 2.11. The molecule has 1 aliphatic rings. The summed E-state index contributed by atoms with van der Waals surface area (Å²) < 4.78 is 7.18. The highest BCUT2D eigenvalue weighted by Crippen LogP contribution is 2.17. The second kappa shape index (κ2) is 3.69. The average molecular weight is 200 g/mol. The maximum Gasteiger partial charge on any atom is 0.165 e. The molecule has 0 aromatic carbocycles. The van der Waals surface area contributed by atoms with Gasteiger partial charge in [-0.1, -0.05) is 0 Å². The van der Waals surface area contributed by atoms with Crippen molar-refractivity contribution in [2.45, 2.75) is 30.8 Å². The predicted molar refractivity (Wildman–Crippen MR) is 49.8 cm³/mol. The molecule has 1 fully saturated rings. The van der Waals surface area contributed by atoms with Crippen LogP contribution in [0.5, 0.6) is 0 Å². The van der Waals surface area contributed by atoms with Gasteiger partial charge in [0.2, 0.25) is 0 Å². The van der Waals surface area contributed by atoms with Crippen LogP contribution in [0.1, 0.15) is 12.1 Å². The van der Waals surface area contributed by atoms with Crippen LogP contribution >= 0.6 is 12.6 Å². The number of aliphatic hydroxyl groups is 1. The van der Waals surface area contributed by atoms with Gasteiger partial charge in [0.15, 0.2) is 5.16 Å². The highest BCUT2D eigenvalue weighted by atomic mass is 32.1. The lowest BCUT2D eigenvalue weighted by molar-refractivity contribution is -0.0609. The third-order valence-corrected chi connectivity index (χ3v) is 2.62. The molecule has 0 spiro atoms. The van der Waals surface area contributed by atoms with E-state index in [2.05, 4.69) is 17.6 Å². The molecule has 72 valence electrons. The first-order valence-electron chi connectivity index (χ1n) is 4.27. The number of thiol groups is 1. The van der Waals surface area contributed by atoms with Crippen LogP contribution in [-0.4, -0.2) is 27.4 Å². The molecule has 0 amide bonds. The van der Waals surface area contributed by atoms with Crippen molar-refractivity contribution in [2.24, 2.45) is 0 Å². The molecule has 1 unspecified atom stereocenters. The monoisotopic (exact) mass is 200 g/mol. The maximum absolute atomic E-state index is 9.00. The summed E-state index contributed by atoms with van der Waals surface area (Å²) in [6.45, 7) is 1.59. The van der Waals surface area contributed by atoms with Crippen molar-refractivity contribution in [1.29, 1.82) is 0 Å². The first-order valence-corrected chi connectivity index (χ1v) is 4.72. The Morgan fingerprint density at radius 3 is 3.08 bits per heavy atom. The van der Waals surface area contributed by atoms with Gasteiger partial charge in [-0.2, -0.15) is 0 Å². The van der Waals surface area contributed by atoms with E-state index in [0.29, 0.717) is 5.16 Å². The first kappa shape index (κ1) is 9.05. The standard InChI is InChI=1S/C8H12N2O2S/c11-5-6-3-9-8(13)10(6)4-7-1-2-12-7/h3,7,11H,1-2,4-5H2,(H,9,13). The van der Waals surface area contributed by atoms with Crippen molar-refractivity contribution in [3.8, 4) is 0 Å². The molecule has 0 aliphatic carbocycles. The van der Waals surface area contributed by atoms with Crippen molar-refractivity contribution in [1.82, 2.24) is 9.55 Å². The summed E-state index contributed by atoms with van der Waals surface area (Å²) in [6, 6.07) is 0. The van der Waals surface area contributed by atoms with Crippen LogP contribution in [0, 0.1) is 0 Å². The molecule has 5 heteroatoms. The van der Waals surface area contributed by atoms with E-state index in [1.54, 1.807) is 6.20 Å². The molecule has 1 saturated heterocycles. The van der Waals surface area contributed by atoms with Gasteiger partial charge in [0.25, 0.3) is 0 Å². The normalized spacial score (nSPS) is 21.5. The van der Waals surface area contributed by atoms with E-state index < -0.39 is 0 Å². The van der Waals surface area contributed by atoms with Crippen molar-refractivity contribution in [2.75, 3.05) is 6.61 Å². The van der Waals surface area contributed by atoms with Crippen LogP contribution in [0.3, 0.4) is 0 Å². The minimum absolute atomic E-state index is 0.000278. The van der Waals surface area contributed by atoms with Gasteiger partial charge < -0.3 is 14.4 Å². The topological polar surface area (TPSA) is 47.3 Å². The van der Waals surface area contributed by atoms with Gasteiger partial charge in [0.1, 0.15) is 0 Å². The number of aromatic nitrogens is 2. The fourth-order valence-electron chi connectivity index (χ4n) is 1.36. The number of aliphatic hydroxyl groups excluding tert-OH is 1. The van der Waals surface area contributed by atoms with E-state index in [1.165, 1.54) is 0 Å². The van der Waals surface area contributed by atoms with E-state index in [4.69, 9.17) is 9.84 Å². The van der Waals surface area contributed by atoms with E-state index in [0.717, 1.165) is 25.3 Å². The van der Waals surface area contributed by atoms with Gasteiger partial charge in [-0.15, -0.1) is 12.6 Å². The second-order valence-electron chi connectivity index (χ2n) is 3.10. The molecule has 13 heavy (non-hydrogen) atoms. The minimum Gasteiger partial charge on any atom is -0.390 e. The van der Waals surface area contributed by atoms with Gasteiger partial charge in [-0.05, 0) is 6.42 Å². The first-order chi connectivity index (χ1) is 6.31. The van der Waals surface area contributed by atoms with Crippen LogP contribution < -0.4 is 0 Å². The third-order valence-electron chi connectivity index (χ3n) is 2.26. The van der Waals surface area contributed by atoms with Crippen molar-refractivity contribution in [3.05, 3.63) is 11.9 Å². The lowest BCUT2D eigenvalue weighted by Crippen LogP contribution is -2.31. The van der Waals surface area contributed by atoms with Crippen molar-refractivity contribution in [3.63, 3.8) is 0 Å². The van der Waals surface area contributed by atoms with Crippen LogP contribution in [0.25, 0.3) is 0 Å². The molecule has 0 saturated carbocycles. The third kappa shape index (κ3) is 1.72. The Morgan fingerprint density at radius 1 is 1.77 bits per heavy atom. The van der Waals surface area contributed by atoms with Crippen LogP contribution in [0.2, 0.25) is 0 Å². The Labute approximate surface area is 82.0 Å². The molecule has 0 radical (unpaired) electrons. The van der Waals surface area contributed by atoms with Crippen LogP contribution in [0.15, 0.2) is 11.4 Å². The minimum atomic E-state index is 0.000278. The molecule has 1 aromatic rings. The zero-order valence-electron chi connectivity index (χ0n) is 7.18. The number of imidazole rings is 1. The van der Waals surface area contributed by atoms with Gasteiger partial charge >= 0.3 is 0 Å². The summed E-state index contributed by atoms with van der Waals surface area (Å²) in [6.07, 6.45) is 2.99. The fourth-order valence-corrected chi connectivity index (χ4v) is 1.63. The summed E-state index contributed by atoms with van der Waals surface area (Å²) in [5.41, 5.74) is 0.792. The van der Waals surface area contributed by atoms with Gasteiger partial charge in [0, 0.05) is 6.61 Å². The van der Waals surface area contributed by atoms with Crippen molar-refractivity contribution < 1.29 is 9.84 Å². The lowest BCUT2D eigenvalue weighted by atomic mass is 10.2. The molecule has 4 nitrogen and oxygen atoms in total. The Kier molecular flexibility index (Phi) is 2.57. The number of rotatable bonds is 3. The zero-order chi connectivity index (χ0) is 9.26. The smallest absolute Gasteiger partial charge is 0.165 e. The van der Waals surface area contributed by atoms with Gasteiger partial charge in [-0.3, -0.25) is 0 Å². The van der Waals surface area contributed by atoms with E-state index in [9.17, 15) is 0 Å². The fraction of sp³-hybridized carbons (Fsp3) is 0.625. The molecule has 1 N–H and O–H groups in total. The molecule has 1 aliphatic heterocycles. The molecule has 1 aromatic heterocycles. The summed E-state index contributed by atoms with van der Waals surface area (Å²) in [4.78, 5) is 4.01. The Morgan fingerprint density at radius 2 is 2.54 bits per heavy atom. The predicted octanol–water partition coefficient (Wildman–Crippen LogP) is 0.453. The quantitative estimate of drug-likeness (QED) is 0.697. The number of nitrogens with zero attached hydrogens (tertiary/aromatic N) is 2. The SMILES string of the molecule is OCc1cnc(S)n1CC1CCO1. The Bertz CT molecular complexity index is 296. The number of hydrogen-bond donors (Lipinski definition) is 2. The lowest BCUT2D eigenvalue weighted by Gasteiger charge is -2.27. The van der Waals surface area contributed by atoms with Crippen molar-refractivity contribution >= 4 is 12.6 Å². The molecular formula is C8H12N2O2S. The highest BCUT2D eigenvalue weighted by molar-refractivity contribution is 7.80. The van der Waals surface area contributed by atoms with Gasteiger partial charge in [-0.25, -0.2) is 4.98 Å². The molecule has 2 heterocycles. The largest absolute Gasteiger partial charge is 0.390 e. The summed E-state index contributed by atoms with van der Waals surface area (Å²) in [7, 11) is 0. The molecule has 0 bridgehead atoms. The Hall–Kier alpha value is -0.520. The number of ether oxygens (including phenoxy) is 1. The average Bonchev–Trinajstić information content (AvgIpc) is 2.39. The van der Waals surface area contributed by atoms with E-state index in [1.807, 2.05) is 4.57 Å². The summed E-state index contributed by atoms with van der Waals surface area (Å²) >= 11 is 4.20. The molecular weight excluding hydrogens is 188 g/mol. The van der Waals surface area contributed by atoms with Crippen LogP contribution in [0.4, 0.5) is 0 Å². The van der Waals surface area contributed by atoms with E-state index >= 15 is 0 Å². The maximum atomic E-state index is 9.00. The second-order valence-corrected chi connectivity index (χ2v) is 3.50. The summed E-state index contributed by atoms with van der Waals surface area (Å²) in [5.74, 6) is 0. The van der Waals surface area contributed by atoms with E-state index in [-0.39, 0.29) is 12.7 Å². The molecule has 1 atom stereocenters. The summed E-state index contributed by atoms with van der Waals surface area (Å²) in [5, 5.41) is 9.64. The number of hydrogen-bond acceptors (Lipinski definition) is 4. The molecule has 2 rings (SSSR count). The zero-order valence-corrected chi connectivity index (χ0v) is 8.07. The van der Waals surface area contributed by atoms with Gasteiger partial charge in [0.05, 0.1) is 31.1 Å². The van der Waals surface area contributed by atoms with Crippen LogP contribution in [-0.2, 0) is 17.9 Å². The highest BCUT2D eigenvalue weighted by Gasteiger charge is 2.20.